The molecule has 0 atom stereocenters. The van der Waals surface area contributed by atoms with Crippen molar-refractivity contribution in [1.82, 2.24) is 10.2 Å². The van der Waals surface area contributed by atoms with Crippen LogP contribution < -0.4 is 4.74 Å². The number of aromatic nitrogens is 2. The maximum absolute atomic E-state index is 11.5. The summed E-state index contributed by atoms with van der Waals surface area (Å²) < 4.78 is 11.0. The Morgan fingerprint density at radius 3 is 2.69 bits per heavy atom. The van der Waals surface area contributed by atoms with Crippen molar-refractivity contribution in [2.45, 2.75) is 18.8 Å². The maximum atomic E-state index is 11.5. The second kappa shape index (κ2) is 8.35. The number of carboxylic acids is 1. The fraction of sp³-hybridized carbons (Fsp3) is 0.105. The van der Waals surface area contributed by atoms with Crippen LogP contribution in [0.5, 0.6) is 5.75 Å². The Kier molecular flexibility index (Phi) is 5.70. The predicted molar refractivity (Wildman–Crippen MR) is 97.7 cm³/mol. The van der Waals surface area contributed by atoms with E-state index in [-0.39, 0.29) is 10.1 Å². The molecule has 6 nitrogen and oxygen atoms in total. The lowest BCUT2D eigenvalue weighted by molar-refractivity contribution is -0.131. The molecule has 1 aromatic heterocycles. The molecule has 3 aromatic rings. The van der Waals surface area contributed by atoms with E-state index in [4.69, 9.17) is 9.15 Å². The van der Waals surface area contributed by atoms with Gasteiger partial charge in [-0.3, -0.25) is 0 Å². The molecule has 0 amide bonds. The van der Waals surface area contributed by atoms with Crippen molar-refractivity contribution in [3.05, 3.63) is 76.5 Å². The summed E-state index contributed by atoms with van der Waals surface area (Å²) in [5, 5.41) is 17.1. The molecular formula is C19H16N2O4S. The summed E-state index contributed by atoms with van der Waals surface area (Å²) in [7, 11) is 0. The van der Waals surface area contributed by atoms with Crippen LogP contribution in [0.25, 0.3) is 6.08 Å². The number of nitrogens with zero attached hydrogens (tertiary/aromatic N) is 2. The average Bonchev–Trinajstić information content (AvgIpc) is 3.05. The van der Waals surface area contributed by atoms with E-state index in [0.717, 1.165) is 17.3 Å². The minimum absolute atomic E-state index is 0.0776. The van der Waals surface area contributed by atoms with Crippen molar-refractivity contribution >= 4 is 23.8 Å². The van der Waals surface area contributed by atoms with Gasteiger partial charge < -0.3 is 14.3 Å². The lowest BCUT2D eigenvalue weighted by Gasteiger charge is -2.07. The van der Waals surface area contributed by atoms with E-state index in [0.29, 0.717) is 23.8 Å². The molecule has 7 heteroatoms. The number of hydrogen-bond acceptors (Lipinski definition) is 6. The van der Waals surface area contributed by atoms with Crippen LogP contribution >= 0.6 is 11.8 Å². The van der Waals surface area contributed by atoms with Crippen LogP contribution in [0, 0.1) is 6.92 Å². The number of aliphatic carboxylic acids is 1. The smallest absolute Gasteiger partial charge is 0.342 e. The first kappa shape index (κ1) is 17.8. The fourth-order valence-electron chi connectivity index (χ4n) is 2.13. The summed E-state index contributed by atoms with van der Waals surface area (Å²) >= 11 is 0.909. The molecule has 0 radical (unpaired) electrons. The van der Waals surface area contributed by atoms with E-state index in [1.165, 1.54) is 0 Å². The van der Waals surface area contributed by atoms with E-state index >= 15 is 0 Å². The molecule has 0 aliphatic heterocycles. The van der Waals surface area contributed by atoms with E-state index in [1.54, 1.807) is 25.1 Å². The van der Waals surface area contributed by atoms with Crippen molar-refractivity contribution in [3.63, 3.8) is 0 Å². The van der Waals surface area contributed by atoms with Crippen molar-refractivity contribution in [2.75, 3.05) is 0 Å². The fourth-order valence-corrected chi connectivity index (χ4v) is 2.85. The van der Waals surface area contributed by atoms with Crippen LogP contribution in [0.1, 0.15) is 17.0 Å². The molecule has 0 bridgehead atoms. The van der Waals surface area contributed by atoms with E-state index in [2.05, 4.69) is 10.2 Å². The van der Waals surface area contributed by atoms with Gasteiger partial charge >= 0.3 is 5.97 Å². The summed E-state index contributed by atoms with van der Waals surface area (Å²) in [6, 6.07) is 17.0. The summed E-state index contributed by atoms with van der Waals surface area (Å²) in [4.78, 5) is 11.6. The van der Waals surface area contributed by atoms with Crippen LogP contribution in [-0.4, -0.2) is 21.3 Å². The molecule has 1 heterocycles. The van der Waals surface area contributed by atoms with Crippen molar-refractivity contribution in [2.24, 2.45) is 0 Å². The average molecular weight is 368 g/mol. The zero-order valence-corrected chi connectivity index (χ0v) is 14.8. The van der Waals surface area contributed by atoms with E-state index in [1.807, 2.05) is 42.5 Å². The van der Waals surface area contributed by atoms with Gasteiger partial charge in [0.15, 0.2) is 0 Å². The summed E-state index contributed by atoms with van der Waals surface area (Å²) in [6.45, 7) is 2.09. The lowest BCUT2D eigenvalue weighted by Crippen LogP contribution is -1.97. The second-order valence-corrected chi connectivity index (χ2v) is 6.34. The summed E-state index contributed by atoms with van der Waals surface area (Å²) in [6.07, 6.45) is 1.54. The Labute approximate surface area is 154 Å². The molecule has 3 rings (SSSR count). The van der Waals surface area contributed by atoms with E-state index < -0.39 is 5.97 Å². The minimum Gasteiger partial charge on any atom is -0.489 e. The third-order valence-electron chi connectivity index (χ3n) is 3.32. The van der Waals surface area contributed by atoms with Crippen molar-refractivity contribution in [3.8, 4) is 5.75 Å². The molecule has 0 aliphatic rings. The standard InChI is InChI=1S/C19H16N2O4S/c1-13-20-21-19(25-13)26-17(18(22)23)11-15-8-5-9-16(10-15)24-12-14-6-3-2-4-7-14/h2-11H,12H2,1H3,(H,22,23)/b17-11-. The Morgan fingerprint density at radius 2 is 2.00 bits per heavy atom. The first-order chi connectivity index (χ1) is 12.6. The molecular weight excluding hydrogens is 352 g/mol. The van der Waals surface area contributed by atoms with Crippen LogP contribution in [0.2, 0.25) is 0 Å². The highest BCUT2D eigenvalue weighted by Gasteiger charge is 2.14. The number of aryl methyl sites for hydroxylation is 1. The number of thioether (sulfide) groups is 1. The minimum atomic E-state index is -1.07. The zero-order chi connectivity index (χ0) is 18.4. The predicted octanol–water partition coefficient (Wildman–Crippen LogP) is 4.17. The topological polar surface area (TPSA) is 85.5 Å². The lowest BCUT2D eigenvalue weighted by atomic mass is 10.2. The van der Waals surface area contributed by atoms with Crippen LogP contribution in [-0.2, 0) is 11.4 Å². The van der Waals surface area contributed by atoms with Gasteiger partial charge in [0.1, 0.15) is 17.3 Å². The second-order valence-electron chi connectivity index (χ2n) is 5.35. The molecule has 2 aromatic carbocycles. The molecule has 0 fully saturated rings. The van der Waals surface area contributed by atoms with Gasteiger partial charge in [-0.2, -0.15) is 0 Å². The third kappa shape index (κ3) is 4.97. The van der Waals surface area contributed by atoms with Gasteiger partial charge in [0, 0.05) is 6.92 Å². The van der Waals surface area contributed by atoms with Crippen molar-refractivity contribution in [1.29, 1.82) is 0 Å². The first-order valence-electron chi connectivity index (χ1n) is 7.80. The number of rotatable bonds is 7. The zero-order valence-electron chi connectivity index (χ0n) is 14.0. The summed E-state index contributed by atoms with van der Waals surface area (Å²) in [5.74, 6) is -0.0269. The maximum Gasteiger partial charge on any atom is 0.342 e. The van der Waals surface area contributed by atoms with Gasteiger partial charge in [-0.05, 0) is 41.1 Å². The van der Waals surface area contributed by atoms with Crippen LogP contribution in [0.15, 0.2) is 69.1 Å². The number of carbonyl (C=O) groups is 1. The number of hydrogen-bond donors (Lipinski definition) is 1. The highest BCUT2D eigenvalue weighted by atomic mass is 32.2. The summed E-state index contributed by atoms with van der Waals surface area (Å²) in [5.41, 5.74) is 1.76. The molecule has 26 heavy (non-hydrogen) atoms. The largest absolute Gasteiger partial charge is 0.489 e. The number of benzene rings is 2. The van der Waals surface area contributed by atoms with Gasteiger partial charge in [-0.15, -0.1) is 10.2 Å². The van der Waals surface area contributed by atoms with Crippen LogP contribution in [0.4, 0.5) is 0 Å². The normalized spacial score (nSPS) is 11.3. The quantitative estimate of drug-likeness (QED) is 0.495. The molecule has 0 unspecified atom stereocenters. The third-order valence-corrected chi connectivity index (χ3v) is 4.17. The van der Waals surface area contributed by atoms with Crippen molar-refractivity contribution < 1.29 is 19.1 Å². The highest BCUT2D eigenvalue weighted by Crippen LogP contribution is 2.28. The molecule has 0 spiro atoms. The van der Waals surface area contributed by atoms with Gasteiger partial charge in [0.2, 0.25) is 5.89 Å². The van der Waals surface area contributed by atoms with Gasteiger partial charge in [0.05, 0.1) is 0 Å². The highest BCUT2D eigenvalue weighted by molar-refractivity contribution is 8.03. The Balaban J connectivity index is 1.74. The number of carboxylic acid groups (broad SMARTS) is 1. The molecule has 132 valence electrons. The molecule has 1 N–H and O–H groups in total. The van der Waals surface area contributed by atoms with Gasteiger partial charge in [-0.1, -0.05) is 42.5 Å². The SMILES string of the molecule is Cc1nnc(S/C(=C\c2cccc(OCc3ccccc3)c2)C(=O)O)o1. The number of ether oxygens (including phenoxy) is 1. The van der Waals surface area contributed by atoms with Gasteiger partial charge in [-0.25, -0.2) is 4.79 Å². The molecule has 0 saturated heterocycles. The van der Waals surface area contributed by atoms with Crippen LogP contribution in [0.3, 0.4) is 0 Å². The first-order valence-corrected chi connectivity index (χ1v) is 8.61. The Bertz CT molecular complexity index is 922. The van der Waals surface area contributed by atoms with E-state index in [9.17, 15) is 9.90 Å². The monoisotopic (exact) mass is 368 g/mol. The Morgan fingerprint density at radius 1 is 1.19 bits per heavy atom. The Hall–Kier alpha value is -3.06. The van der Waals surface area contributed by atoms with Gasteiger partial charge in [0.25, 0.3) is 5.22 Å². The molecule has 0 saturated carbocycles. The molecule has 0 aliphatic carbocycles.